The zero-order chi connectivity index (χ0) is 18.8. The van der Waals surface area contributed by atoms with Gasteiger partial charge in [0.25, 0.3) is 0 Å². The van der Waals surface area contributed by atoms with Gasteiger partial charge < -0.3 is 24.8 Å². The molecule has 0 aliphatic carbocycles. The molecule has 1 atom stereocenters. The van der Waals surface area contributed by atoms with E-state index in [1.54, 1.807) is 35.2 Å². The summed E-state index contributed by atoms with van der Waals surface area (Å²) in [5.74, 6) is 0.924. The molecule has 0 radical (unpaired) electrons. The Kier molecular flexibility index (Phi) is 4.58. The highest BCUT2D eigenvalue weighted by atomic mass is 16.7. The van der Waals surface area contributed by atoms with Crippen LogP contribution in [-0.2, 0) is 16.0 Å². The number of ether oxygens (including phenoxy) is 2. The molecule has 0 bridgehead atoms. The topological polar surface area (TPSA) is 88.1 Å². The van der Waals surface area contributed by atoms with Crippen molar-refractivity contribution in [3.63, 3.8) is 0 Å². The number of aromatic hydroxyl groups is 1. The van der Waals surface area contributed by atoms with Crippen LogP contribution in [0.5, 0.6) is 17.2 Å². The Labute approximate surface area is 156 Å². The van der Waals surface area contributed by atoms with Crippen molar-refractivity contribution >= 4 is 17.5 Å². The van der Waals surface area contributed by atoms with Gasteiger partial charge in [-0.15, -0.1) is 0 Å². The first-order chi connectivity index (χ1) is 13.1. The molecule has 0 aromatic heterocycles. The number of phenols is 1. The Morgan fingerprint density at radius 1 is 1.15 bits per heavy atom. The van der Waals surface area contributed by atoms with E-state index in [9.17, 15) is 14.7 Å². The first-order valence-corrected chi connectivity index (χ1v) is 8.86. The third kappa shape index (κ3) is 3.67. The molecule has 27 heavy (non-hydrogen) atoms. The molecule has 2 aliphatic rings. The summed E-state index contributed by atoms with van der Waals surface area (Å²) >= 11 is 0. The number of benzene rings is 2. The van der Waals surface area contributed by atoms with E-state index in [0.717, 1.165) is 5.56 Å². The molecule has 140 valence electrons. The number of rotatable bonds is 5. The molecule has 2 aromatic rings. The van der Waals surface area contributed by atoms with Crippen LogP contribution in [0.1, 0.15) is 12.0 Å². The number of nitrogens with zero attached hydrogens (tertiary/aromatic N) is 1. The Morgan fingerprint density at radius 2 is 1.93 bits per heavy atom. The number of amides is 2. The fourth-order valence-corrected chi connectivity index (χ4v) is 3.32. The molecule has 4 rings (SSSR count). The van der Waals surface area contributed by atoms with E-state index in [1.165, 1.54) is 0 Å². The van der Waals surface area contributed by atoms with Crippen molar-refractivity contribution in [3.8, 4) is 17.2 Å². The van der Waals surface area contributed by atoms with E-state index >= 15 is 0 Å². The zero-order valence-electron chi connectivity index (χ0n) is 14.7. The number of phenolic OH excluding ortho intramolecular Hbond substituents is 1. The van der Waals surface area contributed by atoms with Crippen LogP contribution in [0.3, 0.4) is 0 Å². The van der Waals surface area contributed by atoms with Gasteiger partial charge in [-0.2, -0.15) is 0 Å². The second-order valence-electron chi connectivity index (χ2n) is 6.65. The minimum atomic E-state index is -0.372. The molecule has 1 saturated heterocycles. The van der Waals surface area contributed by atoms with Crippen molar-refractivity contribution < 1.29 is 24.2 Å². The summed E-state index contributed by atoms with van der Waals surface area (Å²) in [7, 11) is 0. The van der Waals surface area contributed by atoms with Gasteiger partial charge in [0.05, 0.1) is 5.92 Å². The van der Waals surface area contributed by atoms with Crippen LogP contribution in [0.25, 0.3) is 0 Å². The summed E-state index contributed by atoms with van der Waals surface area (Å²) in [6, 6.07) is 12.2. The average Bonchev–Trinajstić information content (AvgIpc) is 3.29. The summed E-state index contributed by atoms with van der Waals surface area (Å²) in [6.07, 6.45) is 0.859. The van der Waals surface area contributed by atoms with Crippen LogP contribution >= 0.6 is 0 Å². The SMILES string of the molecule is O=C(NCCc1ccc(O)cc1)C1CC(=O)N(c2ccc3c(c2)OCO3)C1. The monoisotopic (exact) mass is 368 g/mol. The predicted octanol–water partition coefficient (Wildman–Crippen LogP) is 1.83. The Balaban J connectivity index is 1.33. The molecule has 2 aliphatic heterocycles. The minimum absolute atomic E-state index is 0.0763. The highest BCUT2D eigenvalue weighted by molar-refractivity contribution is 6.00. The third-order valence-electron chi connectivity index (χ3n) is 4.81. The molecule has 2 N–H and O–H groups in total. The molecule has 0 spiro atoms. The number of carbonyl (C=O) groups is 2. The van der Waals surface area contributed by atoms with Gasteiger partial charge in [0.2, 0.25) is 18.6 Å². The van der Waals surface area contributed by atoms with Crippen molar-refractivity contribution in [3.05, 3.63) is 48.0 Å². The Bertz CT molecular complexity index is 865. The molecule has 2 amide bonds. The quantitative estimate of drug-likeness (QED) is 0.841. The standard InChI is InChI=1S/C20H20N2O5/c23-16-4-1-13(2-5-16)7-8-21-20(25)14-9-19(24)22(11-14)15-3-6-17-18(10-15)27-12-26-17/h1-6,10,14,23H,7-9,11-12H2,(H,21,25). The second-order valence-corrected chi connectivity index (χ2v) is 6.65. The largest absolute Gasteiger partial charge is 0.508 e. The van der Waals surface area contributed by atoms with E-state index < -0.39 is 0 Å². The maximum Gasteiger partial charge on any atom is 0.231 e. The van der Waals surface area contributed by atoms with Crippen LogP contribution in [-0.4, -0.2) is 36.8 Å². The first-order valence-electron chi connectivity index (χ1n) is 8.86. The average molecular weight is 368 g/mol. The second kappa shape index (κ2) is 7.19. The van der Waals surface area contributed by atoms with Crippen LogP contribution in [0, 0.1) is 5.92 Å². The molecule has 7 heteroatoms. The lowest BCUT2D eigenvalue weighted by molar-refractivity contribution is -0.126. The van der Waals surface area contributed by atoms with Gasteiger partial charge in [-0.1, -0.05) is 12.1 Å². The lowest BCUT2D eigenvalue weighted by Crippen LogP contribution is -2.34. The first kappa shape index (κ1) is 17.2. The van der Waals surface area contributed by atoms with Crippen molar-refractivity contribution in [2.24, 2.45) is 5.92 Å². The fourth-order valence-electron chi connectivity index (χ4n) is 3.32. The van der Waals surface area contributed by atoms with E-state index in [2.05, 4.69) is 5.32 Å². The molecule has 2 heterocycles. The highest BCUT2D eigenvalue weighted by Crippen LogP contribution is 2.37. The van der Waals surface area contributed by atoms with Crippen molar-refractivity contribution in [1.82, 2.24) is 5.32 Å². The number of hydrogen-bond donors (Lipinski definition) is 2. The zero-order valence-corrected chi connectivity index (χ0v) is 14.7. The molecule has 1 fully saturated rings. The van der Waals surface area contributed by atoms with Crippen LogP contribution in [0.2, 0.25) is 0 Å². The van der Waals surface area contributed by atoms with Crippen LogP contribution in [0.15, 0.2) is 42.5 Å². The van der Waals surface area contributed by atoms with Crippen LogP contribution < -0.4 is 19.7 Å². The van der Waals surface area contributed by atoms with Gasteiger partial charge in [0.1, 0.15) is 5.75 Å². The smallest absolute Gasteiger partial charge is 0.231 e. The number of hydrogen-bond acceptors (Lipinski definition) is 5. The lowest BCUT2D eigenvalue weighted by atomic mass is 10.1. The normalized spacial score (nSPS) is 18.0. The lowest BCUT2D eigenvalue weighted by Gasteiger charge is -2.17. The number of anilines is 1. The summed E-state index contributed by atoms with van der Waals surface area (Å²) in [5.41, 5.74) is 1.74. The molecule has 2 aromatic carbocycles. The van der Waals surface area contributed by atoms with Crippen molar-refractivity contribution in [1.29, 1.82) is 0 Å². The van der Waals surface area contributed by atoms with E-state index in [0.29, 0.717) is 36.7 Å². The van der Waals surface area contributed by atoms with Crippen LogP contribution in [0.4, 0.5) is 5.69 Å². The third-order valence-corrected chi connectivity index (χ3v) is 4.81. The molecular weight excluding hydrogens is 348 g/mol. The summed E-state index contributed by atoms with van der Waals surface area (Å²) in [6.45, 7) is 1.01. The summed E-state index contributed by atoms with van der Waals surface area (Å²) in [5, 5.41) is 12.2. The maximum atomic E-state index is 12.4. The van der Waals surface area contributed by atoms with Gasteiger partial charge in [-0.05, 0) is 36.2 Å². The number of nitrogens with one attached hydrogen (secondary N) is 1. The van der Waals surface area contributed by atoms with Crippen molar-refractivity contribution in [2.45, 2.75) is 12.8 Å². The molecular formula is C20H20N2O5. The number of fused-ring (bicyclic) bond motifs is 1. The Morgan fingerprint density at radius 3 is 2.74 bits per heavy atom. The van der Waals surface area contributed by atoms with Gasteiger partial charge in [-0.25, -0.2) is 0 Å². The highest BCUT2D eigenvalue weighted by Gasteiger charge is 2.35. The fraction of sp³-hybridized carbons (Fsp3) is 0.300. The van der Waals surface area contributed by atoms with E-state index in [4.69, 9.17) is 9.47 Å². The van der Waals surface area contributed by atoms with Crippen molar-refractivity contribution in [2.75, 3.05) is 24.8 Å². The predicted molar refractivity (Wildman–Crippen MR) is 97.8 cm³/mol. The number of carbonyl (C=O) groups excluding carboxylic acids is 2. The van der Waals surface area contributed by atoms with E-state index in [-0.39, 0.29) is 36.7 Å². The summed E-state index contributed by atoms with van der Waals surface area (Å²) in [4.78, 5) is 26.4. The maximum absolute atomic E-state index is 12.4. The summed E-state index contributed by atoms with van der Waals surface area (Å²) < 4.78 is 10.6. The van der Waals surface area contributed by atoms with E-state index in [1.807, 2.05) is 12.1 Å². The molecule has 0 saturated carbocycles. The molecule has 1 unspecified atom stereocenters. The minimum Gasteiger partial charge on any atom is -0.508 e. The van der Waals surface area contributed by atoms with Gasteiger partial charge >= 0.3 is 0 Å². The molecule has 7 nitrogen and oxygen atoms in total. The van der Waals surface area contributed by atoms with Gasteiger partial charge in [0.15, 0.2) is 11.5 Å². The van der Waals surface area contributed by atoms with Gasteiger partial charge in [-0.3, -0.25) is 9.59 Å². The Hall–Kier alpha value is -3.22. The van der Waals surface area contributed by atoms with Gasteiger partial charge in [0, 0.05) is 31.3 Å².